The molecule has 0 fully saturated rings. The molecule has 0 saturated heterocycles. The maximum atomic E-state index is 5.76. The van der Waals surface area contributed by atoms with Gasteiger partial charge in [0.25, 0.3) is 0 Å². The van der Waals surface area contributed by atoms with Crippen molar-refractivity contribution >= 4 is 31.9 Å². The number of hydrogen-bond acceptors (Lipinski definition) is 3. The first kappa shape index (κ1) is 10.1. The van der Waals surface area contributed by atoms with E-state index in [0.717, 1.165) is 14.6 Å². The lowest BCUT2D eigenvalue weighted by molar-refractivity contribution is 0.730. The fourth-order valence-corrected chi connectivity index (χ4v) is 1.72. The normalized spacial score (nSPS) is 13.0. The van der Waals surface area contributed by atoms with Gasteiger partial charge < -0.3 is 11.5 Å². The largest absolute Gasteiger partial charge is 0.329 e. The molecular formula is C7H9Br2N3. The molecule has 0 aliphatic heterocycles. The molecule has 1 rings (SSSR count). The smallest absolute Gasteiger partial charge is 0.120 e. The third kappa shape index (κ3) is 2.04. The fraction of sp³-hybridized carbons (Fsp3) is 0.286. The van der Waals surface area contributed by atoms with Crippen molar-refractivity contribution in [3.63, 3.8) is 0 Å². The van der Waals surface area contributed by atoms with E-state index in [1.165, 1.54) is 0 Å². The van der Waals surface area contributed by atoms with Crippen LogP contribution in [0.4, 0.5) is 0 Å². The Hall–Kier alpha value is 0.0300. The average molecular weight is 295 g/mol. The number of nitrogens with zero attached hydrogens (tertiary/aromatic N) is 1. The Morgan fingerprint density at radius 3 is 2.75 bits per heavy atom. The van der Waals surface area contributed by atoms with E-state index in [0.29, 0.717) is 6.54 Å². The highest BCUT2D eigenvalue weighted by Crippen LogP contribution is 2.27. The predicted molar refractivity (Wildman–Crippen MR) is 55.6 cm³/mol. The van der Waals surface area contributed by atoms with Gasteiger partial charge in [-0.05, 0) is 43.5 Å². The molecule has 0 radical (unpaired) electrons. The first-order chi connectivity index (χ1) is 5.66. The zero-order valence-electron chi connectivity index (χ0n) is 6.30. The van der Waals surface area contributed by atoms with Gasteiger partial charge in [0.05, 0.1) is 4.47 Å². The number of rotatable bonds is 2. The first-order valence-corrected chi connectivity index (χ1v) is 5.01. The van der Waals surface area contributed by atoms with Crippen LogP contribution in [-0.2, 0) is 0 Å². The Kier molecular flexibility index (Phi) is 3.64. The van der Waals surface area contributed by atoms with Crippen molar-refractivity contribution in [1.82, 2.24) is 4.98 Å². The standard InChI is InChI=1S/C7H9Br2N3/c8-6-4(5(11)3-10)1-2-12-7(6)9/h1-2,5H,3,10-11H2. The number of aromatic nitrogens is 1. The minimum Gasteiger partial charge on any atom is -0.329 e. The Balaban J connectivity index is 3.07. The van der Waals surface area contributed by atoms with Crippen LogP contribution in [0.3, 0.4) is 0 Å². The molecule has 5 heteroatoms. The highest BCUT2D eigenvalue weighted by molar-refractivity contribution is 9.13. The van der Waals surface area contributed by atoms with E-state index in [2.05, 4.69) is 36.8 Å². The van der Waals surface area contributed by atoms with Crippen molar-refractivity contribution in [2.45, 2.75) is 6.04 Å². The minimum atomic E-state index is -0.140. The Bertz CT molecular complexity index is 277. The van der Waals surface area contributed by atoms with Crippen LogP contribution >= 0.6 is 31.9 Å². The van der Waals surface area contributed by atoms with Gasteiger partial charge in [0.2, 0.25) is 0 Å². The lowest BCUT2D eigenvalue weighted by atomic mass is 10.1. The molecule has 0 aliphatic rings. The summed E-state index contributed by atoms with van der Waals surface area (Å²) in [6.07, 6.45) is 1.69. The maximum Gasteiger partial charge on any atom is 0.120 e. The summed E-state index contributed by atoms with van der Waals surface area (Å²) in [5.41, 5.74) is 12.2. The van der Waals surface area contributed by atoms with Gasteiger partial charge >= 0.3 is 0 Å². The molecule has 1 aromatic heterocycles. The van der Waals surface area contributed by atoms with Crippen molar-refractivity contribution in [2.75, 3.05) is 6.54 Å². The van der Waals surface area contributed by atoms with E-state index in [9.17, 15) is 0 Å². The van der Waals surface area contributed by atoms with Gasteiger partial charge in [-0.3, -0.25) is 0 Å². The van der Waals surface area contributed by atoms with Crippen molar-refractivity contribution in [3.8, 4) is 0 Å². The summed E-state index contributed by atoms with van der Waals surface area (Å²) in [4.78, 5) is 4.03. The minimum absolute atomic E-state index is 0.140. The fourth-order valence-electron chi connectivity index (χ4n) is 0.845. The van der Waals surface area contributed by atoms with Crippen LogP contribution in [0.2, 0.25) is 0 Å². The molecule has 0 spiro atoms. The van der Waals surface area contributed by atoms with Gasteiger partial charge in [-0.2, -0.15) is 0 Å². The maximum absolute atomic E-state index is 5.76. The quantitative estimate of drug-likeness (QED) is 0.814. The van der Waals surface area contributed by atoms with Crippen molar-refractivity contribution < 1.29 is 0 Å². The number of pyridine rings is 1. The second-order valence-corrected chi connectivity index (χ2v) is 3.89. The topological polar surface area (TPSA) is 64.9 Å². The van der Waals surface area contributed by atoms with Gasteiger partial charge in [-0.1, -0.05) is 0 Å². The second kappa shape index (κ2) is 4.32. The first-order valence-electron chi connectivity index (χ1n) is 3.42. The monoisotopic (exact) mass is 293 g/mol. The highest BCUT2D eigenvalue weighted by atomic mass is 79.9. The summed E-state index contributed by atoms with van der Waals surface area (Å²) < 4.78 is 1.63. The van der Waals surface area contributed by atoms with Crippen molar-refractivity contribution in [3.05, 3.63) is 26.9 Å². The van der Waals surface area contributed by atoms with Crippen LogP contribution in [0.1, 0.15) is 11.6 Å². The molecule has 1 aromatic rings. The third-order valence-corrected chi connectivity index (χ3v) is 3.50. The zero-order valence-corrected chi connectivity index (χ0v) is 9.47. The molecule has 0 bridgehead atoms. The van der Waals surface area contributed by atoms with E-state index in [-0.39, 0.29) is 6.04 Å². The van der Waals surface area contributed by atoms with E-state index in [1.807, 2.05) is 6.07 Å². The number of hydrogen-bond donors (Lipinski definition) is 2. The Morgan fingerprint density at radius 2 is 2.17 bits per heavy atom. The molecule has 0 amide bonds. The lowest BCUT2D eigenvalue weighted by Gasteiger charge is -2.11. The van der Waals surface area contributed by atoms with Crippen molar-refractivity contribution in [1.29, 1.82) is 0 Å². The molecule has 66 valence electrons. The third-order valence-electron chi connectivity index (χ3n) is 1.53. The van der Waals surface area contributed by atoms with E-state index < -0.39 is 0 Å². The van der Waals surface area contributed by atoms with Gasteiger partial charge in [-0.15, -0.1) is 0 Å². The average Bonchev–Trinajstić information content (AvgIpc) is 2.08. The Morgan fingerprint density at radius 1 is 1.50 bits per heavy atom. The van der Waals surface area contributed by atoms with Crippen LogP contribution in [0.15, 0.2) is 21.3 Å². The summed E-state index contributed by atoms with van der Waals surface area (Å²) in [6.45, 7) is 0.426. The molecule has 0 aliphatic carbocycles. The van der Waals surface area contributed by atoms with Crippen LogP contribution < -0.4 is 11.5 Å². The predicted octanol–water partition coefficient (Wildman–Crippen LogP) is 1.57. The molecular weight excluding hydrogens is 286 g/mol. The Labute approximate surface area is 87.8 Å². The summed E-state index contributed by atoms with van der Waals surface area (Å²) in [5, 5.41) is 0. The molecule has 4 N–H and O–H groups in total. The molecule has 1 unspecified atom stereocenters. The van der Waals surface area contributed by atoms with E-state index >= 15 is 0 Å². The molecule has 0 aromatic carbocycles. The summed E-state index contributed by atoms with van der Waals surface area (Å²) in [7, 11) is 0. The molecule has 1 heterocycles. The van der Waals surface area contributed by atoms with E-state index in [4.69, 9.17) is 11.5 Å². The van der Waals surface area contributed by atoms with Gasteiger partial charge in [0.1, 0.15) is 4.60 Å². The summed E-state index contributed by atoms with van der Waals surface area (Å²) in [6, 6.07) is 1.71. The van der Waals surface area contributed by atoms with Crippen LogP contribution in [-0.4, -0.2) is 11.5 Å². The zero-order chi connectivity index (χ0) is 9.14. The van der Waals surface area contributed by atoms with E-state index in [1.54, 1.807) is 6.20 Å². The van der Waals surface area contributed by atoms with Crippen LogP contribution in [0.25, 0.3) is 0 Å². The number of halogens is 2. The molecule has 3 nitrogen and oxygen atoms in total. The van der Waals surface area contributed by atoms with Gasteiger partial charge in [-0.25, -0.2) is 4.98 Å². The number of nitrogens with two attached hydrogens (primary N) is 2. The summed E-state index contributed by atoms with van der Waals surface area (Å²) >= 11 is 6.67. The lowest BCUT2D eigenvalue weighted by Crippen LogP contribution is -2.21. The van der Waals surface area contributed by atoms with Crippen LogP contribution in [0, 0.1) is 0 Å². The SMILES string of the molecule is NCC(N)c1ccnc(Br)c1Br. The molecule has 0 saturated carbocycles. The van der Waals surface area contributed by atoms with Gasteiger partial charge in [0.15, 0.2) is 0 Å². The molecule has 1 atom stereocenters. The molecule has 12 heavy (non-hydrogen) atoms. The summed E-state index contributed by atoms with van der Waals surface area (Å²) in [5.74, 6) is 0. The highest BCUT2D eigenvalue weighted by Gasteiger charge is 2.10. The second-order valence-electron chi connectivity index (χ2n) is 2.35. The van der Waals surface area contributed by atoms with Crippen molar-refractivity contribution in [2.24, 2.45) is 11.5 Å². The van der Waals surface area contributed by atoms with Crippen LogP contribution in [0.5, 0.6) is 0 Å². The van der Waals surface area contributed by atoms with Gasteiger partial charge in [0, 0.05) is 18.8 Å².